The standard InChI is InChI=1S/C15H12N2O12S4/c18-30(19,20)14-13(31(21,22)28-11-7-3-1-4-8-11)16-15(17(14)33(25,26)27)32(23,24)29-12-9-5-2-6-10-12/h1-10H,(H,18,19,20)(H,25,26,27). The molecular weight excluding hydrogens is 528 g/mol. The minimum atomic E-state index is -5.90. The van der Waals surface area contributed by atoms with E-state index in [4.69, 9.17) is 0 Å². The average molecular weight is 541 g/mol. The molecule has 0 spiro atoms. The number of benzene rings is 2. The molecule has 0 saturated carbocycles. The second-order valence-electron chi connectivity index (χ2n) is 5.92. The van der Waals surface area contributed by atoms with Gasteiger partial charge >= 0.3 is 40.7 Å². The van der Waals surface area contributed by atoms with Gasteiger partial charge in [-0.25, -0.2) is 0 Å². The van der Waals surface area contributed by atoms with Crippen LogP contribution in [0, 0.1) is 0 Å². The molecular formula is C15H12N2O12S4. The summed E-state index contributed by atoms with van der Waals surface area (Å²) >= 11 is 0. The van der Waals surface area contributed by atoms with Gasteiger partial charge in [0.1, 0.15) is 11.5 Å². The molecule has 1 aromatic heterocycles. The molecule has 14 nitrogen and oxygen atoms in total. The lowest BCUT2D eigenvalue weighted by Gasteiger charge is -2.08. The highest BCUT2D eigenvalue weighted by molar-refractivity contribution is 7.91. The number of hydrogen-bond acceptors (Lipinski definition) is 11. The van der Waals surface area contributed by atoms with Crippen LogP contribution in [0.15, 0.2) is 75.9 Å². The van der Waals surface area contributed by atoms with Crippen molar-refractivity contribution in [2.24, 2.45) is 0 Å². The van der Waals surface area contributed by atoms with Gasteiger partial charge in [-0.1, -0.05) is 36.4 Å². The van der Waals surface area contributed by atoms with Crippen LogP contribution in [0.4, 0.5) is 0 Å². The maximum atomic E-state index is 12.7. The fourth-order valence-electron chi connectivity index (χ4n) is 2.37. The first kappa shape index (κ1) is 24.6. The van der Waals surface area contributed by atoms with Crippen LogP contribution in [-0.2, 0) is 40.7 Å². The minimum absolute atomic E-state index is 0.398. The quantitative estimate of drug-likeness (QED) is 0.291. The first-order valence-electron chi connectivity index (χ1n) is 8.20. The van der Waals surface area contributed by atoms with Crippen LogP contribution in [0.1, 0.15) is 0 Å². The largest absolute Gasteiger partial charge is 0.378 e. The summed E-state index contributed by atoms with van der Waals surface area (Å²) in [4.78, 5) is 3.04. The van der Waals surface area contributed by atoms with E-state index in [-0.39, 0.29) is 0 Å². The molecule has 0 bridgehead atoms. The Morgan fingerprint density at radius 1 is 0.667 bits per heavy atom. The second-order valence-corrected chi connectivity index (χ2v) is 11.4. The van der Waals surface area contributed by atoms with Crippen LogP contribution in [0.3, 0.4) is 0 Å². The van der Waals surface area contributed by atoms with E-state index in [0.717, 1.165) is 24.3 Å². The van der Waals surface area contributed by atoms with Crippen LogP contribution in [-0.4, -0.2) is 51.7 Å². The zero-order chi connectivity index (χ0) is 24.7. The summed E-state index contributed by atoms with van der Waals surface area (Å²) in [7, 11) is -22.5. The normalized spacial score (nSPS) is 12.9. The number of nitrogens with zero attached hydrogens (tertiary/aromatic N) is 2. The third-order valence-electron chi connectivity index (χ3n) is 3.57. The first-order chi connectivity index (χ1) is 15.1. The van der Waals surface area contributed by atoms with E-state index in [9.17, 15) is 42.8 Å². The van der Waals surface area contributed by atoms with Crippen LogP contribution in [0.5, 0.6) is 11.5 Å². The summed E-state index contributed by atoms with van der Waals surface area (Å²) < 4.78 is 125. The molecule has 0 saturated heterocycles. The molecule has 33 heavy (non-hydrogen) atoms. The Kier molecular flexibility index (Phi) is 6.26. The maximum absolute atomic E-state index is 12.7. The summed E-state index contributed by atoms with van der Waals surface area (Å²) in [5.41, 5.74) is 0. The maximum Gasteiger partial charge on any atom is 0.374 e. The van der Waals surface area contributed by atoms with E-state index in [2.05, 4.69) is 13.4 Å². The van der Waals surface area contributed by atoms with Crippen LogP contribution < -0.4 is 8.37 Å². The first-order valence-corrected chi connectivity index (χ1v) is 13.9. The molecule has 3 rings (SSSR count). The van der Waals surface area contributed by atoms with E-state index in [0.29, 0.717) is 0 Å². The minimum Gasteiger partial charge on any atom is -0.378 e. The Morgan fingerprint density at radius 2 is 1.09 bits per heavy atom. The van der Waals surface area contributed by atoms with Crippen molar-refractivity contribution in [3.8, 4) is 11.5 Å². The van der Waals surface area contributed by atoms with Crippen molar-refractivity contribution in [1.82, 2.24) is 8.96 Å². The van der Waals surface area contributed by atoms with Crippen molar-refractivity contribution in [1.29, 1.82) is 0 Å². The lowest BCUT2D eigenvalue weighted by Crippen LogP contribution is -2.24. The summed E-state index contributed by atoms with van der Waals surface area (Å²) in [6, 6.07) is 12.7. The molecule has 2 aromatic carbocycles. The van der Waals surface area contributed by atoms with E-state index < -0.39 is 71.3 Å². The van der Waals surface area contributed by atoms with Crippen LogP contribution >= 0.6 is 0 Å². The average Bonchev–Trinajstić information content (AvgIpc) is 3.13. The Bertz CT molecular complexity index is 1490. The Hall–Kier alpha value is -3.03. The third kappa shape index (κ3) is 5.31. The highest BCUT2D eigenvalue weighted by atomic mass is 32.2. The Morgan fingerprint density at radius 3 is 1.48 bits per heavy atom. The van der Waals surface area contributed by atoms with E-state index in [1.54, 1.807) is 0 Å². The van der Waals surface area contributed by atoms with Gasteiger partial charge in [0.25, 0.3) is 5.16 Å². The van der Waals surface area contributed by atoms with Crippen molar-refractivity contribution >= 4 is 40.7 Å². The van der Waals surface area contributed by atoms with Crippen molar-refractivity contribution < 1.29 is 51.1 Å². The molecule has 18 heteroatoms. The van der Waals surface area contributed by atoms with Gasteiger partial charge in [-0.3, -0.25) is 9.11 Å². The van der Waals surface area contributed by atoms with Gasteiger partial charge in [0.15, 0.2) is 0 Å². The monoisotopic (exact) mass is 540 g/mol. The highest BCUT2D eigenvalue weighted by Crippen LogP contribution is 2.30. The predicted octanol–water partition coefficient (Wildman–Crippen LogP) is 0.316. The molecule has 0 amide bonds. The van der Waals surface area contributed by atoms with Gasteiger partial charge in [0.05, 0.1) is 0 Å². The van der Waals surface area contributed by atoms with Crippen molar-refractivity contribution in [3.63, 3.8) is 0 Å². The van der Waals surface area contributed by atoms with Gasteiger partial charge in [0, 0.05) is 0 Å². The van der Waals surface area contributed by atoms with Gasteiger partial charge in [0.2, 0.25) is 10.1 Å². The Labute approximate surface area is 187 Å². The molecule has 0 aliphatic rings. The van der Waals surface area contributed by atoms with Crippen LogP contribution in [0.25, 0.3) is 0 Å². The van der Waals surface area contributed by atoms with E-state index >= 15 is 0 Å². The molecule has 1 heterocycles. The molecule has 2 N–H and O–H groups in total. The summed E-state index contributed by atoms with van der Waals surface area (Å²) in [5.74, 6) is -0.800. The third-order valence-corrected chi connectivity index (χ3v) is 7.92. The lowest BCUT2D eigenvalue weighted by atomic mass is 10.3. The molecule has 3 aromatic rings. The smallest absolute Gasteiger partial charge is 0.374 e. The lowest BCUT2D eigenvalue weighted by molar-refractivity contribution is 0.437. The number of imidazole rings is 1. The summed E-state index contributed by atoms with van der Waals surface area (Å²) in [6.07, 6.45) is 0. The molecule has 0 unspecified atom stereocenters. The fraction of sp³-hybridized carbons (Fsp3) is 0. The van der Waals surface area contributed by atoms with Gasteiger partial charge in [-0.2, -0.15) is 42.6 Å². The fourth-order valence-corrected chi connectivity index (χ4v) is 7.27. The Balaban J connectivity index is 2.33. The predicted molar refractivity (Wildman–Crippen MR) is 107 cm³/mol. The van der Waals surface area contributed by atoms with E-state index in [1.807, 2.05) is 0 Å². The molecule has 0 atom stereocenters. The van der Waals surface area contributed by atoms with Gasteiger partial charge in [-0.05, 0) is 24.3 Å². The zero-order valence-electron chi connectivity index (χ0n) is 15.8. The van der Waals surface area contributed by atoms with Crippen molar-refractivity contribution in [3.05, 3.63) is 60.7 Å². The molecule has 178 valence electrons. The highest BCUT2D eigenvalue weighted by Gasteiger charge is 2.43. The van der Waals surface area contributed by atoms with Gasteiger partial charge < -0.3 is 8.37 Å². The SMILES string of the molecule is O=S(=O)(O)c1c(S(=O)(=O)Oc2ccccc2)nc(S(=O)(=O)Oc2ccccc2)n1S(=O)(=O)O. The topological polar surface area (TPSA) is 213 Å². The number of hydrogen-bond donors (Lipinski definition) is 2. The van der Waals surface area contributed by atoms with Crippen LogP contribution in [0.2, 0.25) is 0 Å². The molecule has 0 aliphatic carbocycles. The second kappa shape index (κ2) is 8.39. The van der Waals surface area contributed by atoms with Crippen molar-refractivity contribution in [2.75, 3.05) is 0 Å². The van der Waals surface area contributed by atoms with E-state index in [1.165, 1.54) is 36.4 Å². The summed E-state index contributed by atoms with van der Waals surface area (Å²) in [6.45, 7) is 0. The van der Waals surface area contributed by atoms with Crippen molar-refractivity contribution in [2.45, 2.75) is 15.2 Å². The molecule has 0 radical (unpaired) electrons. The summed E-state index contributed by atoms with van der Waals surface area (Å²) in [5, 5.41) is -5.85. The van der Waals surface area contributed by atoms with Gasteiger partial charge in [-0.15, -0.1) is 0 Å². The zero-order valence-corrected chi connectivity index (χ0v) is 19.0. The number of aromatic nitrogens is 2. The number of rotatable bonds is 8. The number of para-hydroxylation sites is 2. The molecule has 0 aliphatic heterocycles. The molecule has 0 fully saturated rings.